The standard InChI is InChI=1S/C14H21ClN2O3S/c1-10(2)17-9-14(5-11(17)6-15)21(18,19)16-7-12-3-4-13(8-16)20-12/h5,9-10,12-13H,3-4,6-8H2,1-2H3. The van der Waals surface area contributed by atoms with Gasteiger partial charge in [-0.15, -0.1) is 11.6 Å². The maximum absolute atomic E-state index is 12.8. The van der Waals surface area contributed by atoms with Gasteiger partial charge in [-0.25, -0.2) is 8.42 Å². The highest BCUT2D eigenvalue weighted by Gasteiger charge is 2.39. The molecule has 7 heteroatoms. The predicted molar refractivity (Wildman–Crippen MR) is 81.0 cm³/mol. The molecule has 5 nitrogen and oxygen atoms in total. The number of nitrogens with zero attached hydrogens (tertiary/aromatic N) is 2. The summed E-state index contributed by atoms with van der Waals surface area (Å²) in [5.41, 5.74) is 0.835. The van der Waals surface area contributed by atoms with E-state index < -0.39 is 10.0 Å². The molecule has 3 rings (SSSR count). The molecule has 0 saturated carbocycles. The van der Waals surface area contributed by atoms with Gasteiger partial charge >= 0.3 is 0 Å². The molecule has 0 radical (unpaired) electrons. The fourth-order valence-electron chi connectivity index (χ4n) is 3.15. The molecule has 1 aromatic heterocycles. The van der Waals surface area contributed by atoms with E-state index in [2.05, 4.69) is 0 Å². The van der Waals surface area contributed by atoms with Crippen molar-refractivity contribution in [3.8, 4) is 0 Å². The van der Waals surface area contributed by atoms with Gasteiger partial charge in [0.15, 0.2) is 0 Å². The lowest BCUT2D eigenvalue weighted by atomic mass is 10.2. The lowest BCUT2D eigenvalue weighted by Crippen LogP contribution is -2.45. The molecule has 2 saturated heterocycles. The summed E-state index contributed by atoms with van der Waals surface area (Å²) in [5.74, 6) is 0.308. The third-order valence-corrected chi connectivity index (χ3v) is 6.32. The molecule has 0 N–H and O–H groups in total. The van der Waals surface area contributed by atoms with Crippen LogP contribution in [-0.2, 0) is 20.6 Å². The second-order valence-corrected chi connectivity index (χ2v) is 8.29. The first kappa shape index (κ1) is 15.3. The molecule has 118 valence electrons. The Balaban J connectivity index is 1.91. The Bertz CT molecular complexity index is 614. The maximum Gasteiger partial charge on any atom is 0.244 e. The molecule has 3 heterocycles. The molecule has 0 spiro atoms. The van der Waals surface area contributed by atoms with Crippen LogP contribution in [-0.4, -0.2) is 42.6 Å². The minimum absolute atomic E-state index is 0.0539. The fourth-order valence-corrected chi connectivity index (χ4v) is 4.92. The number of hydrogen-bond donors (Lipinski definition) is 0. The summed E-state index contributed by atoms with van der Waals surface area (Å²) in [6, 6.07) is 1.88. The highest BCUT2D eigenvalue weighted by atomic mass is 35.5. The third-order valence-electron chi connectivity index (χ3n) is 4.25. The Hall–Kier alpha value is -0.560. The zero-order valence-electron chi connectivity index (χ0n) is 12.3. The molecule has 0 aromatic carbocycles. The number of halogens is 1. The Kier molecular flexibility index (Phi) is 4.07. The van der Waals surface area contributed by atoms with Gasteiger partial charge in [-0.2, -0.15) is 4.31 Å². The normalized spacial score (nSPS) is 26.7. The van der Waals surface area contributed by atoms with Crippen molar-refractivity contribution in [3.63, 3.8) is 0 Å². The van der Waals surface area contributed by atoms with Gasteiger partial charge in [0.2, 0.25) is 10.0 Å². The molecule has 2 bridgehead atoms. The first-order chi connectivity index (χ1) is 9.91. The van der Waals surface area contributed by atoms with Crippen LogP contribution in [0.2, 0.25) is 0 Å². The van der Waals surface area contributed by atoms with Crippen LogP contribution in [0.5, 0.6) is 0 Å². The van der Waals surface area contributed by atoms with E-state index in [9.17, 15) is 8.42 Å². The molecule has 21 heavy (non-hydrogen) atoms. The predicted octanol–water partition coefficient (Wildman–Crippen LogP) is 2.36. The highest BCUT2D eigenvalue weighted by Crippen LogP contribution is 2.31. The van der Waals surface area contributed by atoms with Crippen LogP contribution in [0.25, 0.3) is 0 Å². The number of hydrogen-bond acceptors (Lipinski definition) is 3. The minimum Gasteiger partial charge on any atom is -0.372 e. The summed E-state index contributed by atoms with van der Waals surface area (Å²) in [4.78, 5) is 0.341. The molecular weight excluding hydrogens is 312 g/mol. The van der Waals surface area contributed by atoms with Crippen LogP contribution in [0.15, 0.2) is 17.2 Å². The van der Waals surface area contributed by atoms with Crippen molar-refractivity contribution in [1.82, 2.24) is 8.87 Å². The Morgan fingerprint density at radius 3 is 2.43 bits per heavy atom. The van der Waals surface area contributed by atoms with Crippen LogP contribution in [0.4, 0.5) is 0 Å². The van der Waals surface area contributed by atoms with Crippen LogP contribution in [0.1, 0.15) is 38.4 Å². The van der Waals surface area contributed by atoms with E-state index in [1.165, 1.54) is 0 Å². The number of fused-ring (bicyclic) bond motifs is 2. The van der Waals surface area contributed by atoms with Gasteiger partial charge in [0.05, 0.1) is 18.1 Å². The Morgan fingerprint density at radius 2 is 1.95 bits per heavy atom. The maximum atomic E-state index is 12.8. The molecule has 0 aliphatic carbocycles. The summed E-state index contributed by atoms with van der Waals surface area (Å²) in [6.07, 6.45) is 3.72. The van der Waals surface area contributed by atoms with Crippen molar-refractivity contribution >= 4 is 21.6 Å². The van der Waals surface area contributed by atoms with Crippen molar-refractivity contribution in [2.24, 2.45) is 0 Å². The first-order valence-corrected chi connectivity index (χ1v) is 9.31. The highest BCUT2D eigenvalue weighted by molar-refractivity contribution is 7.89. The molecule has 2 atom stereocenters. The molecular formula is C14H21ClN2O3S. The SMILES string of the molecule is CC(C)n1cc(S(=O)(=O)N2CC3CCC(C2)O3)cc1CCl. The van der Waals surface area contributed by atoms with E-state index in [0.717, 1.165) is 18.5 Å². The summed E-state index contributed by atoms with van der Waals surface area (Å²) < 4.78 is 34.9. The van der Waals surface area contributed by atoms with Gasteiger partial charge < -0.3 is 9.30 Å². The third kappa shape index (κ3) is 2.74. The van der Waals surface area contributed by atoms with Crippen LogP contribution >= 0.6 is 11.6 Å². The van der Waals surface area contributed by atoms with E-state index in [-0.39, 0.29) is 18.2 Å². The van der Waals surface area contributed by atoms with Crippen molar-refractivity contribution in [2.45, 2.75) is 55.7 Å². The van der Waals surface area contributed by atoms with E-state index in [1.54, 1.807) is 16.6 Å². The van der Waals surface area contributed by atoms with E-state index >= 15 is 0 Å². The average Bonchev–Trinajstić information content (AvgIpc) is 3.02. The van der Waals surface area contributed by atoms with Crippen molar-refractivity contribution in [2.75, 3.05) is 13.1 Å². The number of aromatic nitrogens is 1. The summed E-state index contributed by atoms with van der Waals surface area (Å²) in [5, 5.41) is 0. The second-order valence-electron chi connectivity index (χ2n) is 6.08. The monoisotopic (exact) mass is 332 g/mol. The Labute approximate surface area is 130 Å². The lowest BCUT2D eigenvalue weighted by molar-refractivity contribution is -0.0114. The number of ether oxygens (including phenoxy) is 1. The molecule has 2 fully saturated rings. The Morgan fingerprint density at radius 1 is 1.33 bits per heavy atom. The lowest BCUT2D eigenvalue weighted by Gasteiger charge is -2.30. The topological polar surface area (TPSA) is 51.5 Å². The van der Waals surface area contributed by atoms with Gasteiger partial charge in [0, 0.05) is 31.0 Å². The van der Waals surface area contributed by atoms with Crippen LogP contribution in [0.3, 0.4) is 0 Å². The molecule has 2 unspecified atom stereocenters. The minimum atomic E-state index is -3.46. The van der Waals surface area contributed by atoms with E-state index in [4.69, 9.17) is 16.3 Å². The van der Waals surface area contributed by atoms with Gasteiger partial charge in [-0.3, -0.25) is 0 Å². The summed E-state index contributed by atoms with van der Waals surface area (Å²) in [6.45, 7) is 4.95. The zero-order chi connectivity index (χ0) is 15.2. The fraction of sp³-hybridized carbons (Fsp3) is 0.714. The average molecular weight is 333 g/mol. The van der Waals surface area contributed by atoms with Gasteiger partial charge in [0.1, 0.15) is 4.90 Å². The number of rotatable bonds is 4. The van der Waals surface area contributed by atoms with Crippen molar-refractivity contribution < 1.29 is 13.2 Å². The quantitative estimate of drug-likeness (QED) is 0.795. The van der Waals surface area contributed by atoms with Gasteiger partial charge in [0.25, 0.3) is 0 Å². The van der Waals surface area contributed by atoms with Gasteiger partial charge in [-0.1, -0.05) is 0 Å². The molecule has 1 aromatic rings. The molecule has 0 amide bonds. The van der Waals surface area contributed by atoms with E-state index in [0.29, 0.717) is 23.9 Å². The van der Waals surface area contributed by atoms with Gasteiger partial charge in [-0.05, 0) is 32.8 Å². The largest absolute Gasteiger partial charge is 0.372 e. The van der Waals surface area contributed by atoms with Crippen molar-refractivity contribution in [3.05, 3.63) is 18.0 Å². The molecule has 2 aliphatic heterocycles. The summed E-state index contributed by atoms with van der Waals surface area (Å²) >= 11 is 5.93. The summed E-state index contributed by atoms with van der Waals surface area (Å²) in [7, 11) is -3.46. The number of sulfonamides is 1. The first-order valence-electron chi connectivity index (χ1n) is 7.34. The number of morpholine rings is 1. The van der Waals surface area contributed by atoms with Crippen molar-refractivity contribution in [1.29, 1.82) is 0 Å². The molecule has 2 aliphatic rings. The smallest absolute Gasteiger partial charge is 0.244 e. The van der Waals surface area contributed by atoms with Crippen LogP contribution in [0, 0.1) is 0 Å². The van der Waals surface area contributed by atoms with Crippen LogP contribution < -0.4 is 0 Å². The van der Waals surface area contributed by atoms with E-state index in [1.807, 2.05) is 18.4 Å². The number of alkyl halides is 1. The zero-order valence-corrected chi connectivity index (χ0v) is 13.9. The second kappa shape index (κ2) is 5.57.